The van der Waals surface area contributed by atoms with E-state index in [9.17, 15) is 85.9 Å². The van der Waals surface area contributed by atoms with Crippen LogP contribution in [-0.4, -0.2) is 188 Å². The van der Waals surface area contributed by atoms with Gasteiger partial charge in [-0.05, 0) is 50.4 Å². The molecular formula is C104H190Na3O36P3. The van der Waals surface area contributed by atoms with Crippen LogP contribution in [0.3, 0.4) is 0 Å². The molecule has 0 saturated carbocycles. The number of hydrogen-bond acceptors (Lipinski definition) is 36. The van der Waals surface area contributed by atoms with Crippen LogP contribution in [-0.2, 0) is 155 Å². The summed E-state index contributed by atoms with van der Waals surface area (Å²) in [5, 5.41) is 0. The van der Waals surface area contributed by atoms with E-state index in [4.69, 9.17) is 84.0 Å². The molecule has 0 amide bonds. The SMILES string of the molecule is CCCCCCCCCCCCCC(=O)OC[C@H](COP(=O)([O-])OCC(COC(=O)CC(C)C)OC(=O)CC(C)C)OC(=O)CCCCCCCCCCCCC.CCCCCCCCCCCCCC(=O)O[C@H](COC(C)=O)COP(=O)([O-])OCC(COC(=O)C(C)C)OC(=O)C(C)C.CCCCCCCCCCCCCC(=O)O[C@H](COC(C)=O)COP(=O)([O-])OCC(COC(=O)CCC)OC(=O)CCC.[Na+].[Na+].[Na+]. The minimum atomic E-state index is -5.03. The molecule has 0 aromatic carbocycles. The molecule has 6 unspecified atom stereocenters. The first-order chi connectivity index (χ1) is 68.1. The van der Waals surface area contributed by atoms with Crippen LogP contribution in [0.25, 0.3) is 0 Å². The Labute approximate surface area is 943 Å². The van der Waals surface area contributed by atoms with Gasteiger partial charge in [0.05, 0.1) is 51.5 Å². The smallest absolute Gasteiger partial charge is 0.756 e. The third kappa shape index (κ3) is 107. The summed E-state index contributed by atoms with van der Waals surface area (Å²) in [6.07, 6.45) is 45.0. The summed E-state index contributed by atoms with van der Waals surface area (Å²) in [6, 6.07) is 0. The van der Waals surface area contributed by atoms with Crippen LogP contribution >= 0.6 is 23.5 Å². The fourth-order valence-corrected chi connectivity index (χ4v) is 16.0. The molecular weight excluding hydrogens is 1990 g/mol. The van der Waals surface area contributed by atoms with E-state index in [1.54, 1.807) is 41.5 Å². The van der Waals surface area contributed by atoms with E-state index in [1.165, 1.54) is 187 Å². The van der Waals surface area contributed by atoms with Crippen LogP contribution in [0.1, 0.15) is 458 Å². The van der Waals surface area contributed by atoms with Crippen molar-refractivity contribution in [1.82, 2.24) is 0 Å². The van der Waals surface area contributed by atoms with Crippen molar-refractivity contribution >= 4 is 95.1 Å². The van der Waals surface area contributed by atoms with Gasteiger partial charge in [-0.25, -0.2) is 0 Å². The Bertz CT molecular complexity index is 3430. The molecule has 840 valence electrons. The Morgan fingerprint density at radius 2 is 0.390 bits per heavy atom. The molecule has 0 spiro atoms. The molecule has 0 aliphatic rings. The van der Waals surface area contributed by atoms with Gasteiger partial charge in [-0.3, -0.25) is 71.2 Å². The van der Waals surface area contributed by atoms with Gasteiger partial charge in [0.25, 0.3) is 23.5 Å². The number of ether oxygens (including phenoxy) is 12. The largest absolute Gasteiger partial charge is 1.00 e. The van der Waals surface area contributed by atoms with Crippen LogP contribution in [0.15, 0.2) is 0 Å². The molecule has 42 heteroatoms. The maximum atomic E-state index is 12.8. The van der Waals surface area contributed by atoms with E-state index in [0.29, 0.717) is 38.5 Å². The molecule has 9 atom stereocenters. The van der Waals surface area contributed by atoms with Crippen molar-refractivity contribution in [1.29, 1.82) is 0 Å². The summed E-state index contributed by atoms with van der Waals surface area (Å²) in [5.41, 5.74) is 0. The first-order valence-electron chi connectivity index (χ1n) is 54.0. The van der Waals surface area contributed by atoms with Crippen molar-refractivity contribution in [2.24, 2.45) is 23.7 Å². The number of phosphoric acid groups is 3. The molecule has 36 nitrogen and oxygen atoms in total. The summed E-state index contributed by atoms with van der Waals surface area (Å²) < 4.78 is 129. The minimum absolute atomic E-state index is 0. The summed E-state index contributed by atoms with van der Waals surface area (Å²) in [5.74, 6) is -7.77. The molecule has 146 heavy (non-hydrogen) atoms. The number of rotatable bonds is 94. The topological polar surface area (TPSA) is 491 Å². The van der Waals surface area contributed by atoms with Gasteiger partial charge in [0.1, 0.15) is 39.6 Å². The first kappa shape index (κ1) is 154. The summed E-state index contributed by atoms with van der Waals surface area (Å²) in [4.78, 5) is 182. The first-order valence-corrected chi connectivity index (χ1v) is 58.3. The van der Waals surface area contributed by atoms with Crippen LogP contribution < -0.4 is 103 Å². The third-order valence-corrected chi connectivity index (χ3v) is 24.7. The number of hydrogen-bond donors (Lipinski definition) is 0. The Balaban J connectivity index is -0.000000506. The predicted molar refractivity (Wildman–Crippen MR) is 538 cm³/mol. The van der Waals surface area contributed by atoms with Crippen molar-refractivity contribution in [2.75, 3.05) is 79.3 Å². The molecule has 0 aromatic heterocycles. The normalized spacial score (nSPS) is 13.6. The minimum Gasteiger partial charge on any atom is -0.756 e. The standard InChI is InChI=1S/C44H83O12P.2C30H55O12P.3Na/c1-7-9-11-13-15-17-19-21-23-25-27-29-41(45)51-33-39(55-42(46)30-28-26-24-22-20-18-16-14-12-10-8-2)35-53-57(49,50)54-36-40(56-44(48)32-38(5)6)34-52-43(47)31-37(3)4;1-7-8-9-10-11-12-13-14-15-16-17-18-28(32)41-26(19-37-25(6)31)21-39-43(35,36)40-22-27(42-30(34)24(4)5)20-38-29(33)23(2)3;1-5-8-9-10-11-12-13-14-15-16-17-20-30(34)42-26(21-37-25(4)31)23-39-43(35,36)40-24-27(41-29(33)19-7-3)22-38-28(32)18-6-2;;;/h37-40H,7-36H2,1-6H3,(H,49,50);23-24,26-27H,7-22H2,1-6H3,(H,35,36);26-27H,5-24H2,1-4H3,(H,35,36);;;/q;;;3*+1/p-3/t39-,40?;2*26-,27?;;;/m111.../s1. The number of phosphoric ester groups is 3. The number of esters is 12. The van der Waals surface area contributed by atoms with Crippen molar-refractivity contribution in [3.05, 3.63) is 0 Å². The average Bonchev–Trinajstić information content (AvgIpc) is 0.891. The van der Waals surface area contributed by atoms with Gasteiger partial charge in [-0.1, -0.05) is 354 Å². The van der Waals surface area contributed by atoms with E-state index in [0.717, 1.165) is 84.0 Å². The molecule has 0 radical (unpaired) electrons. The molecule has 0 heterocycles. The third-order valence-electron chi connectivity index (χ3n) is 21.9. The molecule has 0 aliphatic carbocycles. The van der Waals surface area contributed by atoms with Gasteiger partial charge in [0.2, 0.25) is 0 Å². The van der Waals surface area contributed by atoms with Crippen molar-refractivity contribution < 1.29 is 259 Å². The molecule has 0 bridgehead atoms. The zero-order valence-electron chi connectivity index (χ0n) is 93.5. The maximum Gasteiger partial charge on any atom is 1.00 e. The van der Waals surface area contributed by atoms with Gasteiger partial charge in [-0.2, -0.15) is 0 Å². The number of carbonyl (C=O) groups excluding carboxylic acids is 12. The summed E-state index contributed by atoms with van der Waals surface area (Å²) in [6.45, 7) is 22.2. The van der Waals surface area contributed by atoms with Crippen LogP contribution in [0.5, 0.6) is 0 Å². The van der Waals surface area contributed by atoms with E-state index in [-0.39, 0.29) is 165 Å². The van der Waals surface area contributed by atoms with Crippen molar-refractivity contribution in [3.8, 4) is 0 Å². The Morgan fingerprint density at radius 3 is 0.623 bits per heavy atom. The second kappa shape index (κ2) is 104. The molecule has 0 aliphatic heterocycles. The second-order valence-electron chi connectivity index (χ2n) is 38.2. The molecule has 0 N–H and O–H groups in total. The fourth-order valence-electron chi connectivity index (χ4n) is 13.7. The van der Waals surface area contributed by atoms with Gasteiger partial charge in [0, 0.05) is 65.2 Å². The Morgan fingerprint density at radius 1 is 0.205 bits per heavy atom. The van der Waals surface area contributed by atoms with Gasteiger partial charge in [0.15, 0.2) is 36.6 Å². The van der Waals surface area contributed by atoms with Gasteiger partial charge in [-0.15, -0.1) is 0 Å². The van der Waals surface area contributed by atoms with Crippen molar-refractivity contribution in [3.63, 3.8) is 0 Å². The van der Waals surface area contributed by atoms with Crippen LogP contribution in [0.4, 0.5) is 0 Å². The van der Waals surface area contributed by atoms with E-state index in [1.807, 2.05) is 27.7 Å². The van der Waals surface area contributed by atoms with Crippen LogP contribution in [0, 0.1) is 23.7 Å². The zero-order chi connectivity index (χ0) is 108. The Kier molecular flexibility index (Phi) is 109. The molecule has 0 fully saturated rings. The Hall–Kier alpha value is -3.03. The molecule has 0 aromatic rings. The summed E-state index contributed by atoms with van der Waals surface area (Å²) >= 11 is 0. The van der Waals surface area contributed by atoms with Gasteiger partial charge < -0.3 is 98.7 Å². The quantitative estimate of drug-likeness (QED) is 0.0179. The van der Waals surface area contributed by atoms with Gasteiger partial charge >= 0.3 is 160 Å². The zero-order valence-corrected chi connectivity index (χ0v) is 102. The summed E-state index contributed by atoms with van der Waals surface area (Å²) in [7, 11) is -15.0. The van der Waals surface area contributed by atoms with E-state index in [2.05, 4.69) is 27.7 Å². The second-order valence-corrected chi connectivity index (χ2v) is 42.4. The maximum absolute atomic E-state index is 12.8. The monoisotopic (exact) mass is 2180 g/mol. The van der Waals surface area contributed by atoms with E-state index < -0.39 is 210 Å². The fraction of sp³-hybridized carbons (Fsp3) is 0.885. The number of unbranched alkanes of at least 4 members (excludes halogenated alkanes) is 40. The average molecular weight is 2180 g/mol. The molecule has 0 saturated heterocycles. The van der Waals surface area contributed by atoms with Crippen LogP contribution in [0.2, 0.25) is 0 Å². The molecule has 0 rings (SSSR count). The van der Waals surface area contributed by atoms with E-state index >= 15 is 0 Å². The van der Waals surface area contributed by atoms with Crippen molar-refractivity contribution in [2.45, 2.75) is 494 Å². The number of carbonyl (C=O) groups is 12. The predicted octanol–water partition coefficient (Wildman–Crippen LogP) is 13.1.